The second kappa shape index (κ2) is 8.95. The summed E-state index contributed by atoms with van der Waals surface area (Å²) in [4.78, 5) is 15.2. The van der Waals surface area contributed by atoms with Gasteiger partial charge < -0.3 is 4.90 Å². The second-order valence-electron chi connectivity index (χ2n) is 8.64. The molecule has 1 aromatic rings. The van der Waals surface area contributed by atoms with E-state index in [9.17, 15) is 13.2 Å². The highest BCUT2D eigenvalue weighted by molar-refractivity contribution is 7.89. The summed E-state index contributed by atoms with van der Waals surface area (Å²) in [6.45, 7) is 5.03. The van der Waals surface area contributed by atoms with Crippen molar-refractivity contribution in [2.75, 3.05) is 20.1 Å². The maximum atomic E-state index is 13.0. The van der Waals surface area contributed by atoms with E-state index >= 15 is 0 Å². The van der Waals surface area contributed by atoms with Crippen LogP contribution >= 0.6 is 0 Å². The molecule has 1 amide bonds. The van der Waals surface area contributed by atoms with Crippen LogP contribution in [-0.4, -0.2) is 49.7 Å². The molecule has 0 unspecified atom stereocenters. The smallest absolute Gasteiger partial charge is 0.243 e. The predicted molar refractivity (Wildman–Crippen MR) is 112 cm³/mol. The number of amides is 1. The van der Waals surface area contributed by atoms with Gasteiger partial charge in [0.1, 0.15) is 0 Å². The second-order valence-corrected chi connectivity index (χ2v) is 10.6. The van der Waals surface area contributed by atoms with Gasteiger partial charge in [-0.2, -0.15) is 4.31 Å². The molecule has 1 saturated carbocycles. The number of carbonyl (C=O) groups is 1. The topological polar surface area (TPSA) is 57.7 Å². The van der Waals surface area contributed by atoms with Crippen LogP contribution in [0.1, 0.15) is 70.3 Å². The summed E-state index contributed by atoms with van der Waals surface area (Å²) in [7, 11) is -1.56. The first-order valence-corrected chi connectivity index (χ1v) is 12.1. The van der Waals surface area contributed by atoms with Crippen LogP contribution in [0.2, 0.25) is 0 Å². The minimum Gasteiger partial charge on any atom is -0.343 e. The first kappa shape index (κ1) is 21.3. The molecule has 2 fully saturated rings. The van der Waals surface area contributed by atoms with Crippen molar-refractivity contribution >= 4 is 15.9 Å². The van der Waals surface area contributed by atoms with Crippen molar-refractivity contribution in [1.29, 1.82) is 0 Å². The normalized spacial score (nSPS) is 20.4. The van der Waals surface area contributed by atoms with Crippen molar-refractivity contribution in [2.45, 2.75) is 75.6 Å². The summed E-state index contributed by atoms with van der Waals surface area (Å²) in [6, 6.07) is 7.57. The molecule has 0 N–H and O–H groups in total. The van der Waals surface area contributed by atoms with Gasteiger partial charge in [-0.3, -0.25) is 4.79 Å². The molecular formula is C22H34N2O3S. The molecule has 5 nitrogen and oxygen atoms in total. The number of hydrogen-bond donors (Lipinski definition) is 0. The quantitative estimate of drug-likeness (QED) is 0.743. The number of rotatable bonds is 5. The zero-order chi connectivity index (χ0) is 20.3. The fourth-order valence-corrected chi connectivity index (χ4v) is 5.92. The third-order valence-electron chi connectivity index (χ3n) is 6.46. The van der Waals surface area contributed by atoms with Crippen LogP contribution < -0.4 is 0 Å². The predicted octanol–water partition coefficient (Wildman–Crippen LogP) is 4.00. The maximum Gasteiger partial charge on any atom is 0.243 e. The van der Waals surface area contributed by atoms with E-state index in [1.54, 1.807) is 16.4 Å². The van der Waals surface area contributed by atoms with Crippen molar-refractivity contribution in [3.05, 3.63) is 29.8 Å². The Kier molecular flexibility index (Phi) is 6.81. The van der Waals surface area contributed by atoms with Gasteiger partial charge >= 0.3 is 0 Å². The summed E-state index contributed by atoms with van der Waals surface area (Å²) < 4.78 is 27.5. The largest absolute Gasteiger partial charge is 0.343 e. The van der Waals surface area contributed by atoms with Crippen LogP contribution in [0.4, 0.5) is 0 Å². The van der Waals surface area contributed by atoms with Gasteiger partial charge in [-0.25, -0.2) is 8.42 Å². The summed E-state index contributed by atoms with van der Waals surface area (Å²) in [5, 5.41) is 0. The van der Waals surface area contributed by atoms with E-state index in [1.807, 2.05) is 24.1 Å². The van der Waals surface area contributed by atoms with Crippen molar-refractivity contribution < 1.29 is 13.2 Å². The summed E-state index contributed by atoms with van der Waals surface area (Å²) in [6.07, 6.45) is 7.10. The van der Waals surface area contributed by atoms with Gasteiger partial charge in [0.25, 0.3) is 0 Å². The van der Waals surface area contributed by atoms with Crippen molar-refractivity contribution in [1.82, 2.24) is 9.21 Å². The average Bonchev–Trinajstić information content (AvgIpc) is 2.73. The lowest BCUT2D eigenvalue weighted by Gasteiger charge is -2.36. The van der Waals surface area contributed by atoms with Crippen molar-refractivity contribution in [2.24, 2.45) is 5.92 Å². The molecule has 2 aliphatic rings. The van der Waals surface area contributed by atoms with Crippen molar-refractivity contribution in [3.63, 3.8) is 0 Å². The Balaban J connectivity index is 1.60. The molecule has 1 saturated heterocycles. The minimum atomic E-state index is -3.49. The van der Waals surface area contributed by atoms with Gasteiger partial charge in [0.2, 0.25) is 15.9 Å². The number of hydrogen-bond acceptors (Lipinski definition) is 3. The lowest BCUT2D eigenvalue weighted by atomic mass is 9.91. The van der Waals surface area contributed by atoms with Gasteiger partial charge in [0.05, 0.1) is 4.90 Å². The molecule has 0 atom stereocenters. The Labute approximate surface area is 170 Å². The highest BCUT2D eigenvalue weighted by Crippen LogP contribution is 2.28. The highest BCUT2D eigenvalue weighted by Gasteiger charge is 2.34. The molecule has 6 heteroatoms. The van der Waals surface area contributed by atoms with Crippen LogP contribution in [0.15, 0.2) is 29.2 Å². The molecule has 156 valence electrons. The van der Waals surface area contributed by atoms with Crippen molar-refractivity contribution in [3.8, 4) is 0 Å². The van der Waals surface area contributed by atoms with E-state index in [2.05, 4.69) is 13.8 Å². The first-order chi connectivity index (χ1) is 13.3. The average molecular weight is 407 g/mol. The third-order valence-corrected chi connectivity index (χ3v) is 8.37. The van der Waals surface area contributed by atoms with E-state index in [4.69, 9.17) is 0 Å². The highest BCUT2D eigenvalue weighted by atomic mass is 32.2. The lowest BCUT2D eigenvalue weighted by Crippen LogP contribution is -2.46. The first-order valence-electron chi connectivity index (χ1n) is 10.7. The van der Waals surface area contributed by atoms with Gasteiger partial charge in [-0.1, -0.05) is 45.2 Å². The Hall–Kier alpha value is -1.40. The van der Waals surface area contributed by atoms with Crippen LogP contribution in [0.3, 0.4) is 0 Å². The Bertz CT molecular complexity index is 759. The van der Waals surface area contributed by atoms with Gasteiger partial charge in [-0.05, 0) is 49.3 Å². The molecule has 0 spiro atoms. The summed E-state index contributed by atoms with van der Waals surface area (Å²) in [5.41, 5.74) is 1.13. The number of nitrogens with zero attached hydrogens (tertiary/aromatic N) is 2. The van der Waals surface area contributed by atoms with Gasteiger partial charge in [0, 0.05) is 32.1 Å². The van der Waals surface area contributed by atoms with Crippen LogP contribution in [0, 0.1) is 5.92 Å². The monoisotopic (exact) mass is 406 g/mol. The number of piperidine rings is 1. The van der Waals surface area contributed by atoms with E-state index in [0.29, 0.717) is 42.8 Å². The summed E-state index contributed by atoms with van der Waals surface area (Å²) in [5.74, 6) is 0.520. The van der Waals surface area contributed by atoms with E-state index < -0.39 is 10.0 Å². The zero-order valence-electron chi connectivity index (χ0n) is 17.4. The lowest BCUT2D eigenvalue weighted by molar-refractivity contribution is -0.138. The molecule has 0 bridgehead atoms. The Morgan fingerprint density at radius 2 is 1.57 bits per heavy atom. The molecule has 1 aliphatic carbocycles. The van der Waals surface area contributed by atoms with E-state index in [1.165, 1.54) is 19.3 Å². The molecule has 1 aromatic carbocycles. The zero-order valence-corrected chi connectivity index (χ0v) is 18.2. The number of sulfonamides is 1. The molecule has 1 aliphatic heterocycles. The summed E-state index contributed by atoms with van der Waals surface area (Å²) >= 11 is 0. The minimum absolute atomic E-state index is 0.0540. The van der Waals surface area contributed by atoms with Gasteiger partial charge in [0.15, 0.2) is 0 Å². The van der Waals surface area contributed by atoms with E-state index in [-0.39, 0.29) is 11.8 Å². The maximum absolute atomic E-state index is 13.0. The molecule has 1 heterocycles. The van der Waals surface area contributed by atoms with Crippen LogP contribution in [-0.2, 0) is 14.8 Å². The molecule has 28 heavy (non-hydrogen) atoms. The number of benzene rings is 1. The standard InChI is InChI=1S/C22H34N2O3S/c1-17(2)18-9-11-21(12-10-18)28(26,27)24-15-13-19(14-16-24)22(25)23(3)20-7-5-4-6-8-20/h9-12,17,19-20H,4-8,13-16H2,1-3H3. The van der Waals surface area contributed by atoms with Crippen LogP contribution in [0.5, 0.6) is 0 Å². The Morgan fingerprint density at radius 1 is 1.00 bits per heavy atom. The van der Waals surface area contributed by atoms with E-state index in [0.717, 1.165) is 18.4 Å². The van der Waals surface area contributed by atoms with Crippen LogP contribution in [0.25, 0.3) is 0 Å². The third kappa shape index (κ3) is 4.60. The Morgan fingerprint density at radius 3 is 2.11 bits per heavy atom. The molecular weight excluding hydrogens is 372 g/mol. The fraction of sp³-hybridized carbons (Fsp3) is 0.682. The van der Waals surface area contributed by atoms with Gasteiger partial charge in [-0.15, -0.1) is 0 Å². The molecule has 0 aromatic heterocycles. The number of carbonyl (C=O) groups excluding carboxylic acids is 1. The molecule has 3 rings (SSSR count). The molecule has 0 radical (unpaired) electrons. The fourth-order valence-electron chi connectivity index (χ4n) is 4.45. The SMILES string of the molecule is CC(C)c1ccc(S(=O)(=O)N2CCC(C(=O)N(C)C3CCCCC3)CC2)cc1.